The van der Waals surface area contributed by atoms with Gasteiger partial charge < -0.3 is 20.3 Å². The van der Waals surface area contributed by atoms with Crippen LogP contribution in [0.15, 0.2) is 24.3 Å². The van der Waals surface area contributed by atoms with E-state index in [0.29, 0.717) is 31.7 Å². The van der Waals surface area contributed by atoms with Gasteiger partial charge in [-0.2, -0.15) is 0 Å². The van der Waals surface area contributed by atoms with Crippen LogP contribution in [0.1, 0.15) is 39.5 Å². The molecule has 2 aromatic rings. The lowest BCUT2D eigenvalue weighted by molar-refractivity contribution is -0.384. The van der Waals surface area contributed by atoms with E-state index in [4.69, 9.17) is 4.74 Å². The number of nitrogens with zero attached hydrogens (tertiary/aromatic N) is 2. The van der Waals surface area contributed by atoms with Crippen LogP contribution >= 0.6 is 11.3 Å². The number of non-ortho nitro benzene ring substituents is 1. The SMILES string of the molecule is CCOC(=O)N1CCc2c(sc3c2C(=O)N[C@H](c2ccc([N+](=O)[O-])cc2)N3)C1. The summed E-state index contributed by atoms with van der Waals surface area (Å²) in [6.45, 7) is 3.02. The first-order valence-corrected chi connectivity index (χ1v) is 9.67. The number of thiophene rings is 1. The molecule has 4 rings (SSSR count). The number of hydrogen-bond acceptors (Lipinski definition) is 7. The Morgan fingerprint density at radius 1 is 1.36 bits per heavy atom. The molecular weight excluding hydrogens is 384 g/mol. The van der Waals surface area contributed by atoms with Crippen molar-refractivity contribution in [1.82, 2.24) is 10.2 Å². The Balaban J connectivity index is 1.57. The number of carbonyl (C=O) groups is 2. The zero-order chi connectivity index (χ0) is 19.8. The summed E-state index contributed by atoms with van der Waals surface area (Å²) in [6.07, 6.45) is -0.222. The minimum absolute atomic E-state index is 0.00257. The van der Waals surface area contributed by atoms with Crippen LogP contribution < -0.4 is 10.6 Å². The standard InChI is InChI=1S/C18H18N4O5S/c1-2-27-18(24)21-8-7-12-13(9-21)28-17-14(12)16(23)19-15(20-17)10-3-5-11(6-4-10)22(25)26/h3-6,15,20H,2,7-9H2,1H3,(H,19,23)/t15-/m0/s1. The molecule has 146 valence electrons. The summed E-state index contributed by atoms with van der Waals surface area (Å²) in [7, 11) is 0. The van der Waals surface area contributed by atoms with Gasteiger partial charge in [-0.3, -0.25) is 14.9 Å². The third-order valence-corrected chi connectivity index (χ3v) is 5.95. The predicted molar refractivity (Wildman–Crippen MR) is 102 cm³/mol. The van der Waals surface area contributed by atoms with Crippen molar-refractivity contribution in [3.63, 3.8) is 0 Å². The lowest BCUT2D eigenvalue weighted by atomic mass is 10.0. The van der Waals surface area contributed by atoms with Crippen LogP contribution in [0.5, 0.6) is 0 Å². The van der Waals surface area contributed by atoms with Gasteiger partial charge in [-0.05, 0) is 36.6 Å². The highest BCUT2D eigenvalue weighted by Gasteiger charge is 2.34. The van der Waals surface area contributed by atoms with Crippen LogP contribution in [0, 0.1) is 10.1 Å². The lowest BCUT2D eigenvalue weighted by Crippen LogP contribution is -2.39. The van der Waals surface area contributed by atoms with Gasteiger partial charge in [-0.1, -0.05) is 0 Å². The van der Waals surface area contributed by atoms with E-state index in [0.717, 1.165) is 21.0 Å². The molecule has 3 heterocycles. The summed E-state index contributed by atoms with van der Waals surface area (Å²) in [5.41, 5.74) is 2.32. The van der Waals surface area contributed by atoms with Gasteiger partial charge in [0.2, 0.25) is 0 Å². The van der Waals surface area contributed by atoms with Crippen LogP contribution in [-0.4, -0.2) is 35.0 Å². The molecule has 1 aromatic carbocycles. The number of amides is 2. The number of anilines is 1. The maximum absolute atomic E-state index is 12.7. The fraction of sp³-hybridized carbons (Fsp3) is 0.333. The average Bonchev–Trinajstić information content (AvgIpc) is 3.06. The topological polar surface area (TPSA) is 114 Å². The third-order valence-electron chi connectivity index (χ3n) is 4.80. The molecule has 0 spiro atoms. The number of benzene rings is 1. The van der Waals surface area contributed by atoms with Crippen LogP contribution in [0.25, 0.3) is 0 Å². The zero-order valence-corrected chi connectivity index (χ0v) is 15.9. The van der Waals surface area contributed by atoms with E-state index < -0.39 is 11.1 Å². The molecule has 0 saturated carbocycles. The molecule has 2 aliphatic heterocycles. The number of nitro groups is 1. The fourth-order valence-electron chi connectivity index (χ4n) is 3.44. The first-order chi connectivity index (χ1) is 13.5. The molecular formula is C18H18N4O5S. The molecule has 0 radical (unpaired) electrons. The number of hydrogen-bond donors (Lipinski definition) is 2. The molecule has 0 bridgehead atoms. The number of nitro benzene ring substituents is 1. The molecule has 0 aliphatic carbocycles. The number of carbonyl (C=O) groups excluding carboxylic acids is 2. The molecule has 2 N–H and O–H groups in total. The molecule has 10 heteroatoms. The smallest absolute Gasteiger partial charge is 0.410 e. The van der Waals surface area contributed by atoms with Crippen LogP contribution in [0.4, 0.5) is 15.5 Å². The normalized spacial score (nSPS) is 17.8. The maximum atomic E-state index is 12.7. The minimum atomic E-state index is -0.470. The Morgan fingerprint density at radius 3 is 2.79 bits per heavy atom. The summed E-state index contributed by atoms with van der Waals surface area (Å²) < 4.78 is 5.07. The summed E-state index contributed by atoms with van der Waals surface area (Å²) in [4.78, 5) is 37.7. The Kier molecular flexibility index (Phi) is 4.63. The van der Waals surface area contributed by atoms with Gasteiger partial charge in [0.05, 0.1) is 23.6 Å². The lowest BCUT2D eigenvalue weighted by Gasteiger charge is -2.28. The highest BCUT2D eigenvalue weighted by atomic mass is 32.1. The average molecular weight is 402 g/mol. The zero-order valence-electron chi connectivity index (χ0n) is 15.1. The first-order valence-electron chi connectivity index (χ1n) is 8.86. The van der Waals surface area contributed by atoms with E-state index in [1.54, 1.807) is 24.0 Å². The van der Waals surface area contributed by atoms with E-state index in [1.807, 2.05) is 0 Å². The highest BCUT2D eigenvalue weighted by molar-refractivity contribution is 7.16. The highest BCUT2D eigenvalue weighted by Crippen LogP contribution is 2.40. The molecule has 28 heavy (non-hydrogen) atoms. The van der Waals surface area contributed by atoms with E-state index in [2.05, 4.69) is 10.6 Å². The third kappa shape index (κ3) is 3.15. The summed E-state index contributed by atoms with van der Waals surface area (Å²) >= 11 is 1.46. The van der Waals surface area contributed by atoms with Crippen molar-refractivity contribution in [2.75, 3.05) is 18.5 Å². The number of fused-ring (bicyclic) bond motifs is 3. The van der Waals surface area contributed by atoms with Gasteiger partial charge in [0.1, 0.15) is 11.2 Å². The van der Waals surface area contributed by atoms with E-state index >= 15 is 0 Å². The Bertz CT molecular complexity index is 956. The number of nitrogens with one attached hydrogen (secondary N) is 2. The van der Waals surface area contributed by atoms with Crippen LogP contribution in [0.3, 0.4) is 0 Å². The van der Waals surface area contributed by atoms with Gasteiger partial charge in [0.15, 0.2) is 0 Å². The Labute approximate surface area is 164 Å². The quantitative estimate of drug-likeness (QED) is 0.603. The van der Waals surface area contributed by atoms with Gasteiger partial charge in [0, 0.05) is 23.6 Å². The van der Waals surface area contributed by atoms with Crippen molar-refractivity contribution in [3.05, 3.63) is 55.9 Å². The van der Waals surface area contributed by atoms with Crippen molar-refractivity contribution in [2.24, 2.45) is 0 Å². The second kappa shape index (κ2) is 7.12. The van der Waals surface area contributed by atoms with Gasteiger partial charge in [-0.15, -0.1) is 11.3 Å². The van der Waals surface area contributed by atoms with E-state index in [-0.39, 0.29) is 17.7 Å². The largest absolute Gasteiger partial charge is 0.450 e. The van der Waals surface area contributed by atoms with Gasteiger partial charge in [0.25, 0.3) is 11.6 Å². The van der Waals surface area contributed by atoms with Crippen LogP contribution in [0.2, 0.25) is 0 Å². The Hall–Kier alpha value is -3.14. The van der Waals surface area contributed by atoms with Crippen molar-refractivity contribution in [3.8, 4) is 0 Å². The van der Waals surface area contributed by atoms with E-state index in [9.17, 15) is 19.7 Å². The van der Waals surface area contributed by atoms with Crippen molar-refractivity contribution in [2.45, 2.75) is 26.1 Å². The molecule has 1 atom stereocenters. The molecule has 0 unspecified atom stereocenters. The molecule has 0 fully saturated rings. The molecule has 0 saturated heterocycles. The predicted octanol–water partition coefficient (Wildman–Crippen LogP) is 3.03. The molecule has 9 nitrogen and oxygen atoms in total. The van der Waals surface area contributed by atoms with Gasteiger partial charge in [-0.25, -0.2) is 4.79 Å². The van der Waals surface area contributed by atoms with Crippen LogP contribution in [-0.2, 0) is 17.7 Å². The number of rotatable bonds is 3. The van der Waals surface area contributed by atoms with Crippen molar-refractivity contribution < 1.29 is 19.2 Å². The van der Waals surface area contributed by atoms with Crippen molar-refractivity contribution in [1.29, 1.82) is 0 Å². The Morgan fingerprint density at radius 2 is 2.11 bits per heavy atom. The number of ether oxygens (including phenoxy) is 1. The van der Waals surface area contributed by atoms with E-state index in [1.165, 1.54) is 23.5 Å². The molecule has 1 aromatic heterocycles. The minimum Gasteiger partial charge on any atom is -0.450 e. The fourth-order valence-corrected chi connectivity index (χ4v) is 4.73. The monoisotopic (exact) mass is 402 g/mol. The second-order valence-electron chi connectivity index (χ2n) is 6.48. The van der Waals surface area contributed by atoms with Crippen molar-refractivity contribution >= 4 is 34.0 Å². The second-order valence-corrected chi connectivity index (χ2v) is 7.58. The summed E-state index contributed by atoms with van der Waals surface area (Å²) in [6, 6.07) is 6.07. The maximum Gasteiger partial charge on any atom is 0.410 e. The summed E-state index contributed by atoms with van der Waals surface area (Å²) in [5.74, 6) is -0.181. The van der Waals surface area contributed by atoms with Gasteiger partial charge >= 0.3 is 6.09 Å². The molecule has 2 amide bonds. The first kappa shape index (κ1) is 18.2. The molecule has 2 aliphatic rings. The summed E-state index contributed by atoms with van der Waals surface area (Å²) in [5, 5.41) is 17.8.